The van der Waals surface area contributed by atoms with Crippen LogP contribution in [0.25, 0.3) is 10.4 Å². The number of carbonyl (C=O) groups excluding carboxylic acids is 2. The minimum Gasteiger partial charge on any atom is -0.271 e. The zero-order chi connectivity index (χ0) is 23.6. The summed E-state index contributed by atoms with van der Waals surface area (Å²) in [5.74, 6) is -2.16. The van der Waals surface area contributed by atoms with Crippen molar-refractivity contribution in [2.75, 3.05) is 6.54 Å². The summed E-state index contributed by atoms with van der Waals surface area (Å²) in [5.41, 5.74) is 5.35. The van der Waals surface area contributed by atoms with Gasteiger partial charge in [0.05, 0.1) is 9.77 Å². The van der Waals surface area contributed by atoms with Crippen molar-refractivity contribution < 1.29 is 26.8 Å². The zero-order valence-corrected chi connectivity index (χ0v) is 18.8. The smallest absolute Gasteiger partial charge is 0.271 e. The van der Waals surface area contributed by atoms with Crippen LogP contribution in [0.2, 0.25) is 0 Å². The molecule has 0 aliphatic carbocycles. The Labute approximate surface area is 193 Å². The molecule has 172 valence electrons. The number of carbonyl (C=O) groups is 2. The number of thiophene rings is 1. The molecule has 11 heteroatoms. The van der Waals surface area contributed by atoms with Gasteiger partial charge in [0, 0.05) is 11.4 Å². The second-order valence-electron chi connectivity index (χ2n) is 7.34. The molecule has 0 bridgehead atoms. The van der Waals surface area contributed by atoms with Gasteiger partial charge in [-0.1, -0.05) is 12.1 Å². The van der Waals surface area contributed by atoms with Gasteiger partial charge in [0.25, 0.3) is 11.8 Å². The number of hydrogen-bond donors (Lipinski definition) is 2. The molecule has 1 atom stereocenters. The average Bonchev–Trinajstić information content (AvgIpc) is 3.49. The number of amides is 2. The van der Waals surface area contributed by atoms with E-state index in [4.69, 9.17) is 0 Å². The first kappa shape index (κ1) is 23.0. The molecular formula is C22H19F2N3O4S2. The second kappa shape index (κ2) is 9.38. The Morgan fingerprint density at radius 2 is 1.55 bits per heavy atom. The van der Waals surface area contributed by atoms with E-state index in [0.717, 1.165) is 50.3 Å². The van der Waals surface area contributed by atoms with Gasteiger partial charge in [-0.25, -0.2) is 17.2 Å². The lowest BCUT2D eigenvalue weighted by Crippen LogP contribution is -2.51. The molecule has 0 radical (unpaired) electrons. The van der Waals surface area contributed by atoms with Crippen LogP contribution >= 0.6 is 11.3 Å². The van der Waals surface area contributed by atoms with E-state index in [0.29, 0.717) is 11.3 Å². The fourth-order valence-corrected chi connectivity index (χ4v) is 6.09. The molecule has 33 heavy (non-hydrogen) atoms. The Kier molecular flexibility index (Phi) is 6.54. The largest absolute Gasteiger partial charge is 0.279 e. The van der Waals surface area contributed by atoms with Crippen molar-refractivity contribution in [3.8, 4) is 10.4 Å². The third-order valence-corrected chi connectivity index (χ3v) is 8.24. The second-order valence-corrected chi connectivity index (χ2v) is 10.3. The zero-order valence-electron chi connectivity index (χ0n) is 17.1. The SMILES string of the molecule is O=C(NNC(=O)[C@@H]1CCCN1S(=O)(=O)c1ccc(F)cc1)c1ccc(-c2ccc(F)cc2)s1. The predicted molar refractivity (Wildman–Crippen MR) is 119 cm³/mol. The molecule has 1 aliphatic heterocycles. The van der Waals surface area contributed by atoms with E-state index in [1.807, 2.05) is 0 Å². The average molecular weight is 492 g/mol. The number of nitrogens with zero attached hydrogens (tertiary/aromatic N) is 1. The molecule has 0 spiro atoms. The molecule has 0 saturated carbocycles. The van der Waals surface area contributed by atoms with Gasteiger partial charge in [0.15, 0.2) is 0 Å². The third kappa shape index (κ3) is 4.95. The molecule has 2 heterocycles. The normalized spacial score (nSPS) is 16.5. The van der Waals surface area contributed by atoms with Gasteiger partial charge in [-0.3, -0.25) is 20.4 Å². The molecule has 1 aromatic heterocycles. The summed E-state index contributed by atoms with van der Waals surface area (Å²) in [6.45, 7) is 0.137. The molecule has 2 amide bonds. The van der Waals surface area contributed by atoms with E-state index in [-0.39, 0.29) is 23.7 Å². The molecule has 3 aromatic rings. The van der Waals surface area contributed by atoms with E-state index in [1.165, 1.54) is 12.1 Å². The standard InChI is InChI=1S/C22H19F2N3O4S2/c23-15-5-3-14(4-6-15)19-11-12-20(32-19)22(29)26-25-21(28)18-2-1-13-27(18)33(30,31)17-9-7-16(24)8-10-17/h3-12,18H,1-2,13H2,(H,25,28)(H,26,29)/t18-/m0/s1. The van der Waals surface area contributed by atoms with Gasteiger partial charge in [-0.05, 0) is 66.9 Å². The maximum atomic E-state index is 13.2. The predicted octanol–water partition coefficient (Wildman–Crippen LogP) is 3.31. The first-order valence-corrected chi connectivity index (χ1v) is 12.2. The Morgan fingerprint density at radius 1 is 0.909 bits per heavy atom. The number of hydrogen-bond acceptors (Lipinski definition) is 5. The molecule has 0 unspecified atom stereocenters. The van der Waals surface area contributed by atoms with Crippen molar-refractivity contribution >= 4 is 33.2 Å². The lowest BCUT2D eigenvalue weighted by Gasteiger charge is -2.23. The highest BCUT2D eigenvalue weighted by Gasteiger charge is 2.39. The summed E-state index contributed by atoms with van der Waals surface area (Å²) >= 11 is 1.16. The number of rotatable bonds is 5. The molecule has 1 fully saturated rings. The van der Waals surface area contributed by atoms with E-state index in [1.54, 1.807) is 24.3 Å². The number of sulfonamides is 1. The Balaban J connectivity index is 1.40. The summed E-state index contributed by atoms with van der Waals surface area (Å²) in [7, 11) is -4.00. The van der Waals surface area contributed by atoms with Crippen LogP contribution in [0, 0.1) is 11.6 Å². The van der Waals surface area contributed by atoms with Crippen LogP contribution in [0.3, 0.4) is 0 Å². The van der Waals surface area contributed by atoms with E-state index < -0.39 is 33.7 Å². The minimum absolute atomic E-state index is 0.112. The molecule has 2 N–H and O–H groups in total. The lowest BCUT2D eigenvalue weighted by atomic mass is 10.2. The number of nitrogens with one attached hydrogen (secondary N) is 2. The summed E-state index contributed by atoms with van der Waals surface area (Å²) in [6.07, 6.45) is 0.758. The van der Waals surface area contributed by atoms with Gasteiger partial charge in [0.2, 0.25) is 10.0 Å². The van der Waals surface area contributed by atoms with Gasteiger partial charge in [0.1, 0.15) is 17.7 Å². The van der Waals surface area contributed by atoms with E-state index in [2.05, 4.69) is 10.9 Å². The highest BCUT2D eigenvalue weighted by Crippen LogP contribution is 2.28. The van der Waals surface area contributed by atoms with Crippen LogP contribution < -0.4 is 10.9 Å². The minimum atomic E-state index is -4.00. The number of halogens is 2. The summed E-state index contributed by atoms with van der Waals surface area (Å²) in [5, 5.41) is 0. The lowest BCUT2D eigenvalue weighted by molar-refractivity contribution is -0.125. The van der Waals surface area contributed by atoms with E-state index in [9.17, 15) is 26.8 Å². The number of benzene rings is 2. The molecular weight excluding hydrogens is 472 g/mol. The van der Waals surface area contributed by atoms with Crippen LogP contribution in [-0.4, -0.2) is 37.1 Å². The fourth-order valence-electron chi connectivity index (χ4n) is 3.52. The van der Waals surface area contributed by atoms with Gasteiger partial charge in [-0.15, -0.1) is 11.3 Å². The number of hydrazine groups is 1. The summed E-state index contributed by atoms with van der Waals surface area (Å²) in [6, 6.07) is 12.5. The topological polar surface area (TPSA) is 95.6 Å². The quantitative estimate of drug-likeness (QED) is 0.536. The molecule has 1 aliphatic rings. The van der Waals surface area contributed by atoms with Crippen molar-refractivity contribution in [3.63, 3.8) is 0 Å². The van der Waals surface area contributed by atoms with Gasteiger partial charge >= 0.3 is 0 Å². The highest BCUT2D eigenvalue weighted by molar-refractivity contribution is 7.89. The van der Waals surface area contributed by atoms with Gasteiger partial charge in [-0.2, -0.15) is 4.31 Å². The van der Waals surface area contributed by atoms with Crippen molar-refractivity contribution in [2.45, 2.75) is 23.8 Å². The van der Waals surface area contributed by atoms with Crippen LogP contribution in [0.4, 0.5) is 8.78 Å². The molecule has 1 saturated heterocycles. The van der Waals surface area contributed by atoms with Crippen molar-refractivity contribution in [3.05, 3.63) is 77.2 Å². The van der Waals surface area contributed by atoms with Crippen LogP contribution in [0.5, 0.6) is 0 Å². The Morgan fingerprint density at radius 3 is 2.21 bits per heavy atom. The van der Waals surface area contributed by atoms with Crippen LogP contribution in [0.15, 0.2) is 65.6 Å². The van der Waals surface area contributed by atoms with Crippen LogP contribution in [0.1, 0.15) is 22.5 Å². The molecule has 2 aromatic carbocycles. The van der Waals surface area contributed by atoms with Gasteiger partial charge < -0.3 is 0 Å². The highest BCUT2D eigenvalue weighted by atomic mass is 32.2. The summed E-state index contributed by atoms with van der Waals surface area (Å²) < 4.78 is 53.1. The third-order valence-electron chi connectivity index (χ3n) is 5.18. The fraction of sp³-hybridized carbons (Fsp3) is 0.182. The Hall–Kier alpha value is -3.15. The molecule has 7 nitrogen and oxygen atoms in total. The van der Waals surface area contributed by atoms with E-state index >= 15 is 0 Å². The van der Waals surface area contributed by atoms with Crippen molar-refractivity contribution in [1.82, 2.24) is 15.2 Å². The Bertz CT molecular complexity index is 1280. The van der Waals surface area contributed by atoms with Crippen LogP contribution in [-0.2, 0) is 14.8 Å². The monoisotopic (exact) mass is 491 g/mol. The summed E-state index contributed by atoms with van der Waals surface area (Å²) in [4.78, 5) is 26.1. The maximum Gasteiger partial charge on any atom is 0.279 e. The van der Waals surface area contributed by atoms with Crippen molar-refractivity contribution in [1.29, 1.82) is 0 Å². The maximum absolute atomic E-state index is 13.2. The first-order valence-electron chi connectivity index (χ1n) is 9.99. The van der Waals surface area contributed by atoms with Crippen molar-refractivity contribution in [2.24, 2.45) is 0 Å². The first-order chi connectivity index (χ1) is 15.8. The molecule has 4 rings (SSSR count).